The van der Waals surface area contributed by atoms with Gasteiger partial charge in [-0.15, -0.1) is 0 Å². The second kappa shape index (κ2) is 14.8. The predicted octanol–water partition coefficient (Wildman–Crippen LogP) is 7.84. The SMILES string of the molecule is CC[C@H](NC(=O)[C@@H]1C[C@@](C)(NC(=O)c2cc(-c3ccccc3)nc3ccccc23)c2ncc(NCc3cccc(C(F)(F)F)c3)c(=O)n21)B1O[C@@H]2C[C@@H]3C[C@@H](C3(C)C)[C@]2(C)O1. The average molecular weight is 833 g/mol. The number of carbonyl (C=O) groups is 2. The van der Waals surface area contributed by atoms with Crippen LogP contribution in [0.3, 0.4) is 0 Å². The first-order valence-electron chi connectivity index (χ1n) is 20.9. The van der Waals surface area contributed by atoms with Gasteiger partial charge >= 0.3 is 13.3 Å². The summed E-state index contributed by atoms with van der Waals surface area (Å²) in [6.45, 7) is 10.2. The fourth-order valence-corrected chi connectivity index (χ4v) is 10.4. The van der Waals surface area contributed by atoms with Crippen molar-refractivity contribution in [2.45, 2.75) is 102 Å². The molecule has 5 aromatic rings. The van der Waals surface area contributed by atoms with Crippen molar-refractivity contribution in [2.75, 3.05) is 5.32 Å². The van der Waals surface area contributed by atoms with Crippen molar-refractivity contribution in [3.63, 3.8) is 0 Å². The third-order valence-electron chi connectivity index (χ3n) is 13.9. The first kappa shape index (κ1) is 40.8. The standard InChI is InChI=1S/C46H48BF3N6O5/c1-6-38(47-60-37-21-29-20-36(43(29,2)3)45(37,5)61-47)54-40(58)35-23-44(4,42-52-25-34(41(59)56(35)42)51-24-26-13-12-16-28(19-26)46(48,49)50)55-39(57)31-22-33(27-14-8-7-9-15-27)53-32-18-11-10-17-30(31)32/h7-19,22,25,29,35-38,51H,6,20-21,23-24H2,1-5H3,(H,54,58)(H,55,57)/t29-,35-,36-,37+,38-,44+,45-/m0/s1. The van der Waals surface area contributed by atoms with E-state index in [-0.39, 0.29) is 36.0 Å². The zero-order valence-corrected chi connectivity index (χ0v) is 34.7. The number of fused-ring (bicyclic) bond motifs is 2. The summed E-state index contributed by atoms with van der Waals surface area (Å²) in [7, 11) is -0.708. The molecule has 7 atom stereocenters. The smallest absolute Gasteiger partial charge is 0.404 e. The Bertz CT molecular complexity index is 2610. The number of aromatic nitrogens is 3. The van der Waals surface area contributed by atoms with Gasteiger partial charge in [-0.05, 0) is 80.2 Å². The molecule has 10 rings (SSSR count). The van der Waals surface area contributed by atoms with E-state index in [9.17, 15) is 27.6 Å². The molecule has 3 aliphatic carbocycles. The maximum Gasteiger partial charge on any atom is 0.481 e. The van der Waals surface area contributed by atoms with Crippen LogP contribution in [-0.2, 0) is 32.4 Å². The number of para-hydroxylation sites is 1. The summed E-state index contributed by atoms with van der Waals surface area (Å²) in [6.07, 6.45) is -0.934. The number of rotatable bonds is 10. The van der Waals surface area contributed by atoms with Gasteiger partial charge in [0.15, 0.2) is 0 Å². The maximum absolute atomic E-state index is 14.6. The molecule has 2 aromatic heterocycles. The zero-order chi connectivity index (χ0) is 43.1. The molecule has 0 radical (unpaired) electrons. The molecule has 2 amide bonds. The lowest BCUT2D eigenvalue weighted by molar-refractivity contribution is -0.199. The highest BCUT2D eigenvalue weighted by molar-refractivity contribution is 6.47. The first-order chi connectivity index (χ1) is 29.0. The molecule has 15 heteroatoms. The van der Waals surface area contributed by atoms with Gasteiger partial charge in [-0.1, -0.05) is 81.4 Å². The molecule has 4 fully saturated rings. The molecule has 3 saturated carbocycles. The first-order valence-corrected chi connectivity index (χ1v) is 20.9. The predicted molar refractivity (Wildman–Crippen MR) is 225 cm³/mol. The van der Waals surface area contributed by atoms with Crippen LogP contribution in [-0.4, -0.2) is 51.1 Å². The van der Waals surface area contributed by atoms with Crippen LogP contribution in [0.5, 0.6) is 0 Å². The fraction of sp³-hybridized carbons (Fsp3) is 0.413. The van der Waals surface area contributed by atoms with E-state index in [0.717, 1.165) is 30.5 Å². The number of halogens is 3. The molecule has 61 heavy (non-hydrogen) atoms. The number of hydrogen-bond donors (Lipinski definition) is 3. The number of nitrogens with zero attached hydrogens (tertiary/aromatic N) is 3. The highest BCUT2D eigenvalue weighted by atomic mass is 19.4. The van der Waals surface area contributed by atoms with Crippen LogP contribution in [0.2, 0.25) is 0 Å². The highest BCUT2D eigenvalue weighted by Gasteiger charge is 2.68. The van der Waals surface area contributed by atoms with E-state index in [1.54, 1.807) is 13.0 Å². The molecule has 316 valence electrons. The third-order valence-corrected chi connectivity index (χ3v) is 13.9. The van der Waals surface area contributed by atoms with Gasteiger partial charge in [-0.3, -0.25) is 19.0 Å². The molecule has 0 unspecified atom stereocenters. The minimum Gasteiger partial charge on any atom is -0.404 e. The monoisotopic (exact) mass is 832 g/mol. The topological polar surface area (TPSA) is 136 Å². The Morgan fingerprint density at radius 3 is 2.48 bits per heavy atom. The number of nitrogens with one attached hydrogen (secondary N) is 3. The number of pyridine rings is 1. The molecule has 2 aliphatic heterocycles. The van der Waals surface area contributed by atoms with Gasteiger partial charge < -0.3 is 25.3 Å². The summed E-state index contributed by atoms with van der Waals surface area (Å²) in [4.78, 5) is 53.2. The molecular formula is C46H48BF3N6O5. The molecule has 5 aliphatic rings. The molecule has 1 saturated heterocycles. The second-order valence-corrected chi connectivity index (χ2v) is 18.0. The number of anilines is 1. The lowest BCUT2D eigenvalue weighted by Crippen LogP contribution is -2.65. The molecule has 3 aromatic carbocycles. The van der Waals surface area contributed by atoms with Crippen molar-refractivity contribution in [1.82, 2.24) is 25.2 Å². The van der Waals surface area contributed by atoms with Gasteiger partial charge in [0.1, 0.15) is 17.6 Å². The van der Waals surface area contributed by atoms with Gasteiger partial charge in [0.25, 0.3) is 11.5 Å². The summed E-state index contributed by atoms with van der Waals surface area (Å²) in [5.74, 6) is -0.474. The summed E-state index contributed by atoms with van der Waals surface area (Å²) in [5.41, 5.74) is -0.458. The van der Waals surface area contributed by atoms with Crippen LogP contribution < -0.4 is 21.5 Å². The molecule has 2 bridgehead atoms. The van der Waals surface area contributed by atoms with E-state index in [1.165, 1.54) is 22.9 Å². The quantitative estimate of drug-likeness (QED) is 0.121. The lowest BCUT2D eigenvalue weighted by atomic mass is 9.43. The Labute approximate surface area is 352 Å². The summed E-state index contributed by atoms with van der Waals surface area (Å²) in [5, 5.41) is 9.85. The average Bonchev–Trinajstić information content (AvgIpc) is 3.76. The van der Waals surface area contributed by atoms with E-state index >= 15 is 0 Å². The minimum atomic E-state index is -4.54. The molecule has 0 spiro atoms. The Balaban J connectivity index is 1.04. The van der Waals surface area contributed by atoms with Gasteiger partial charge in [0.05, 0.1) is 51.7 Å². The maximum atomic E-state index is 14.6. The van der Waals surface area contributed by atoms with Crippen LogP contribution in [0.25, 0.3) is 22.2 Å². The van der Waals surface area contributed by atoms with E-state index in [0.29, 0.717) is 46.0 Å². The van der Waals surface area contributed by atoms with E-state index < -0.39 is 59.4 Å². The molecule has 3 N–H and O–H groups in total. The number of benzene rings is 3. The Kier molecular flexibility index (Phi) is 9.93. The van der Waals surface area contributed by atoms with Crippen molar-refractivity contribution >= 4 is 35.5 Å². The minimum absolute atomic E-state index is 0.0183. The van der Waals surface area contributed by atoms with Gasteiger partial charge in [0, 0.05) is 23.9 Å². The number of hydrogen-bond acceptors (Lipinski definition) is 8. The molecule has 4 heterocycles. The Hall–Kier alpha value is -5.54. The van der Waals surface area contributed by atoms with Crippen molar-refractivity contribution < 1.29 is 32.1 Å². The summed E-state index contributed by atoms with van der Waals surface area (Å²) in [6, 6.07) is 22.2. The lowest BCUT2D eigenvalue weighted by Gasteiger charge is -2.64. The van der Waals surface area contributed by atoms with Gasteiger partial charge in [-0.2, -0.15) is 13.2 Å². The van der Waals surface area contributed by atoms with Crippen LogP contribution in [0, 0.1) is 17.3 Å². The number of amides is 2. The van der Waals surface area contributed by atoms with Crippen LogP contribution >= 0.6 is 0 Å². The summed E-state index contributed by atoms with van der Waals surface area (Å²) < 4.78 is 55.1. The normalized spacial score (nSPS) is 26.5. The van der Waals surface area contributed by atoms with E-state index in [4.69, 9.17) is 14.3 Å². The van der Waals surface area contributed by atoms with E-state index in [2.05, 4.69) is 41.7 Å². The third kappa shape index (κ3) is 6.99. The largest absolute Gasteiger partial charge is 0.481 e. The fourth-order valence-electron chi connectivity index (χ4n) is 10.4. The van der Waals surface area contributed by atoms with Crippen molar-refractivity contribution in [3.8, 4) is 11.3 Å². The van der Waals surface area contributed by atoms with E-state index in [1.807, 2.05) is 61.5 Å². The van der Waals surface area contributed by atoms with Gasteiger partial charge in [-0.25, -0.2) is 9.97 Å². The van der Waals surface area contributed by atoms with Crippen molar-refractivity contribution in [3.05, 3.63) is 124 Å². The van der Waals surface area contributed by atoms with Gasteiger partial charge in [0.2, 0.25) is 5.91 Å². The molecular weight excluding hydrogens is 784 g/mol. The Morgan fingerprint density at radius 1 is 0.984 bits per heavy atom. The Morgan fingerprint density at radius 2 is 1.74 bits per heavy atom. The highest BCUT2D eigenvalue weighted by Crippen LogP contribution is 2.65. The number of carbonyl (C=O) groups excluding carboxylic acids is 2. The van der Waals surface area contributed by atoms with Crippen LogP contribution in [0.15, 0.2) is 95.9 Å². The summed E-state index contributed by atoms with van der Waals surface area (Å²) >= 11 is 0. The van der Waals surface area contributed by atoms with Crippen LogP contribution in [0.1, 0.15) is 93.7 Å². The molecule has 11 nitrogen and oxygen atoms in total. The zero-order valence-electron chi connectivity index (χ0n) is 34.7. The van der Waals surface area contributed by atoms with Crippen molar-refractivity contribution in [2.24, 2.45) is 17.3 Å². The van der Waals surface area contributed by atoms with Crippen LogP contribution in [0.4, 0.5) is 18.9 Å². The number of alkyl halides is 3. The van der Waals surface area contributed by atoms with Crippen molar-refractivity contribution in [1.29, 1.82) is 0 Å². The second-order valence-electron chi connectivity index (χ2n) is 18.0.